The van der Waals surface area contributed by atoms with E-state index in [0.29, 0.717) is 6.61 Å². The fourth-order valence-electron chi connectivity index (χ4n) is 1.40. The van der Waals surface area contributed by atoms with Crippen molar-refractivity contribution in [2.45, 2.75) is 6.92 Å². The summed E-state index contributed by atoms with van der Waals surface area (Å²) in [7, 11) is 1.59. The maximum atomic E-state index is 11.5. The van der Waals surface area contributed by atoms with Crippen molar-refractivity contribution < 1.29 is 19.1 Å². The van der Waals surface area contributed by atoms with E-state index in [2.05, 4.69) is 0 Å². The molecule has 0 saturated carbocycles. The van der Waals surface area contributed by atoms with Crippen molar-refractivity contribution in [3.63, 3.8) is 0 Å². The van der Waals surface area contributed by atoms with Crippen LogP contribution in [0.1, 0.15) is 6.92 Å². The normalized spacial score (nSPS) is 16.8. The van der Waals surface area contributed by atoms with Gasteiger partial charge < -0.3 is 14.5 Å². The van der Waals surface area contributed by atoms with Crippen LogP contribution >= 0.6 is 0 Å². The summed E-state index contributed by atoms with van der Waals surface area (Å²) in [6.45, 7) is 2.43. The van der Waals surface area contributed by atoms with E-state index in [4.69, 9.17) is 4.74 Å². The van der Waals surface area contributed by atoms with Gasteiger partial charge in [-0.05, 0) is 6.92 Å². The monoisotopic (exact) mass is 240 g/mol. The molecule has 1 saturated heterocycles. The van der Waals surface area contributed by atoms with Crippen molar-refractivity contribution in [1.29, 1.82) is 0 Å². The Hall–Kier alpha value is -1.85. The van der Waals surface area contributed by atoms with E-state index in [1.165, 1.54) is 22.0 Å². The summed E-state index contributed by atoms with van der Waals surface area (Å²) in [4.78, 5) is 36.7. The molecule has 0 atom stereocenters. The van der Waals surface area contributed by atoms with Gasteiger partial charge in [0.2, 0.25) is 11.8 Å². The van der Waals surface area contributed by atoms with Crippen LogP contribution in [0.3, 0.4) is 0 Å². The van der Waals surface area contributed by atoms with Gasteiger partial charge >= 0.3 is 5.97 Å². The Bertz CT molecular complexity index is 351. The van der Waals surface area contributed by atoms with E-state index in [9.17, 15) is 14.4 Å². The van der Waals surface area contributed by atoms with Crippen LogP contribution in [-0.4, -0.2) is 60.9 Å². The minimum Gasteiger partial charge on any atom is -0.463 e. The van der Waals surface area contributed by atoms with Gasteiger partial charge in [-0.15, -0.1) is 0 Å². The van der Waals surface area contributed by atoms with Crippen LogP contribution in [0.2, 0.25) is 0 Å². The largest absolute Gasteiger partial charge is 0.463 e. The number of hydrogen-bond donors (Lipinski definition) is 0. The van der Waals surface area contributed by atoms with Crippen molar-refractivity contribution in [2.75, 3.05) is 33.3 Å². The van der Waals surface area contributed by atoms with Gasteiger partial charge in [0.15, 0.2) is 0 Å². The zero-order chi connectivity index (χ0) is 12.8. The summed E-state index contributed by atoms with van der Waals surface area (Å²) < 4.78 is 4.69. The lowest BCUT2D eigenvalue weighted by atomic mass is 10.3. The molecule has 2 amide bonds. The number of piperazine rings is 1. The third-order valence-electron chi connectivity index (χ3n) is 2.34. The molecule has 1 fully saturated rings. The number of esters is 1. The molecule has 1 heterocycles. The molecule has 0 unspecified atom stereocenters. The van der Waals surface area contributed by atoms with Gasteiger partial charge in [-0.1, -0.05) is 6.08 Å². The van der Waals surface area contributed by atoms with Gasteiger partial charge in [0.1, 0.15) is 6.54 Å². The first-order valence-corrected chi connectivity index (χ1v) is 5.39. The van der Waals surface area contributed by atoms with Gasteiger partial charge in [0.05, 0.1) is 13.2 Å². The fourth-order valence-corrected chi connectivity index (χ4v) is 1.40. The Labute approximate surface area is 99.8 Å². The number of rotatable bonds is 4. The number of carbonyl (C=O) groups is 3. The molecule has 0 aromatic carbocycles. The molecule has 0 aliphatic carbocycles. The van der Waals surface area contributed by atoms with Crippen LogP contribution in [0, 0.1) is 0 Å². The van der Waals surface area contributed by atoms with Crippen molar-refractivity contribution in [3.05, 3.63) is 12.2 Å². The number of amides is 2. The predicted molar refractivity (Wildman–Crippen MR) is 60.0 cm³/mol. The Kier molecular flexibility index (Phi) is 4.68. The lowest BCUT2D eigenvalue weighted by Crippen LogP contribution is -2.52. The number of likely N-dealkylation sites (N-methyl/N-ethyl adjacent to an activating group) is 1. The molecular formula is C11H16N2O4. The Morgan fingerprint density at radius 3 is 2.71 bits per heavy atom. The summed E-state index contributed by atoms with van der Waals surface area (Å²) in [5.41, 5.74) is 0. The smallest absolute Gasteiger partial charge is 0.330 e. The Balaban J connectivity index is 2.44. The number of ether oxygens (including phenoxy) is 1. The van der Waals surface area contributed by atoms with E-state index in [0.717, 1.165) is 0 Å². The zero-order valence-corrected chi connectivity index (χ0v) is 10.0. The lowest BCUT2D eigenvalue weighted by Gasteiger charge is -2.30. The molecular weight excluding hydrogens is 224 g/mol. The van der Waals surface area contributed by atoms with Crippen molar-refractivity contribution in [2.24, 2.45) is 0 Å². The van der Waals surface area contributed by atoms with Crippen LogP contribution in [0.4, 0.5) is 0 Å². The fraction of sp³-hybridized carbons (Fsp3) is 0.545. The molecule has 6 heteroatoms. The predicted octanol–water partition coefficient (Wildman–Crippen LogP) is -0.594. The molecule has 1 aliphatic heterocycles. The number of nitrogens with zero attached hydrogens (tertiary/aromatic N) is 2. The van der Waals surface area contributed by atoms with E-state index in [-0.39, 0.29) is 31.4 Å². The van der Waals surface area contributed by atoms with Gasteiger partial charge in [-0.3, -0.25) is 9.59 Å². The molecule has 6 nitrogen and oxygen atoms in total. The topological polar surface area (TPSA) is 66.9 Å². The van der Waals surface area contributed by atoms with Crippen LogP contribution in [-0.2, 0) is 19.1 Å². The number of hydrogen-bond acceptors (Lipinski definition) is 4. The summed E-state index contributed by atoms with van der Waals surface area (Å²) in [5.74, 6) is -0.671. The Morgan fingerprint density at radius 2 is 2.06 bits per heavy atom. The molecule has 1 aliphatic rings. The number of carbonyl (C=O) groups excluding carboxylic acids is 3. The van der Waals surface area contributed by atoms with E-state index in [1.54, 1.807) is 14.0 Å². The third-order valence-corrected chi connectivity index (χ3v) is 2.34. The summed E-state index contributed by atoms with van der Waals surface area (Å²) in [6.07, 6.45) is 2.79. The molecule has 0 N–H and O–H groups in total. The average Bonchev–Trinajstić information content (AvgIpc) is 2.26. The van der Waals surface area contributed by atoms with Gasteiger partial charge in [-0.2, -0.15) is 0 Å². The quantitative estimate of drug-likeness (QED) is 0.486. The second-order valence-electron chi connectivity index (χ2n) is 3.68. The van der Waals surface area contributed by atoms with Gasteiger partial charge in [-0.25, -0.2) is 4.79 Å². The maximum Gasteiger partial charge on any atom is 0.330 e. The molecule has 0 bridgehead atoms. The minimum atomic E-state index is -0.444. The van der Waals surface area contributed by atoms with Crippen LogP contribution in [0.25, 0.3) is 0 Å². The lowest BCUT2D eigenvalue weighted by molar-refractivity contribution is -0.148. The van der Waals surface area contributed by atoms with Crippen LogP contribution < -0.4 is 0 Å². The van der Waals surface area contributed by atoms with Crippen LogP contribution in [0.15, 0.2) is 12.2 Å². The molecule has 0 aromatic rings. The SMILES string of the molecule is CCOC(=O)/C=C/CN1CC(=O)N(C)CC1=O. The zero-order valence-electron chi connectivity index (χ0n) is 10.0. The first-order chi connectivity index (χ1) is 8.04. The molecule has 0 spiro atoms. The first-order valence-electron chi connectivity index (χ1n) is 5.39. The highest BCUT2D eigenvalue weighted by Gasteiger charge is 2.26. The highest BCUT2D eigenvalue weighted by molar-refractivity contribution is 5.92. The maximum absolute atomic E-state index is 11.5. The van der Waals surface area contributed by atoms with Crippen LogP contribution in [0.5, 0.6) is 0 Å². The second kappa shape index (κ2) is 6.03. The summed E-state index contributed by atoms with van der Waals surface area (Å²) in [6, 6.07) is 0. The standard InChI is InChI=1S/C11H16N2O4/c1-3-17-11(16)5-4-6-13-8-9(14)12(2)7-10(13)15/h4-5H,3,6-8H2,1-2H3/b5-4+. The third kappa shape index (κ3) is 3.90. The second-order valence-corrected chi connectivity index (χ2v) is 3.68. The molecule has 0 radical (unpaired) electrons. The van der Waals surface area contributed by atoms with Crippen molar-refractivity contribution in [3.8, 4) is 0 Å². The highest BCUT2D eigenvalue weighted by Crippen LogP contribution is 2.02. The van der Waals surface area contributed by atoms with E-state index < -0.39 is 5.97 Å². The van der Waals surface area contributed by atoms with Crippen molar-refractivity contribution in [1.82, 2.24) is 9.80 Å². The van der Waals surface area contributed by atoms with Gasteiger partial charge in [0.25, 0.3) is 0 Å². The molecule has 17 heavy (non-hydrogen) atoms. The summed E-state index contributed by atoms with van der Waals surface area (Å²) in [5, 5.41) is 0. The molecule has 0 aromatic heterocycles. The molecule has 1 rings (SSSR count). The summed E-state index contributed by atoms with van der Waals surface area (Å²) >= 11 is 0. The molecule has 94 valence electrons. The highest BCUT2D eigenvalue weighted by atomic mass is 16.5. The first kappa shape index (κ1) is 13.2. The van der Waals surface area contributed by atoms with E-state index in [1.807, 2.05) is 0 Å². The van der Waals surface area contributed by atoms with Gasteiger partial charge in [0, 0.05) is 19.7 Å². The minimum absolute atomic E-state index is 0.0580. The average molecular weight is 240 g/mol. The van der Waals surface area contributed by atoms with Crippen molar-refractivity contribution >= 4 is 17.8 Å². The Morgan fingerprint density at radius 1 is 1.35 bits per heavy atom. The van der Waals surface area contributed by atoms with E-state index >= 15 is 0 Å².